The number of nitrogens with zero attached hydrogens (tertiary/aromatic N) is 1. The Bertz CT molecular complexity index is 6540. The van der Waals surface area contributed by atoms with Crippen molar-refractivity contribution in [1.82, 2.24) is 0 Å². The van der Waals surface area contributed by atoms with Crippen LogP contribution in [0.15, 0.2) is 438 Å². The number of hydrogen-bond donors (Lipinski definition) is 1. The SMILES string of the molecule is Brc1ccc(-c2ccccc2)cc1.c1ccc(-c2ccc(N(c3ccc(-c4ccc(-c5cccc6ccccc56)cc4)cc3)c3ccc(-c4cccc5c4oc4ccccc45)cc3)cc2)cc1.c1ccc2c(-c3ccc(-c4ccc(Nc5ccc(-c6cccc7c6oc6ccccc67)cc5)cc4)cc3)cccc2c1. The maximum atomic E-state index is 6.39. The van der Waals surface area contributed by atoms with Crippen LogP contribution >= 0.6 is 15.9 Å². The van der Waals surface area contributed by atoms with Crippen molar-refractivity contribution in [1.29, 1.82) is 0 Å². The quantitative estimate of drug-likeness (QED) is 0.125. The fraction of sp³-hybridized carbons (Fsp3) is 0. The summed E-state index contributed by atoms with van der Waals surface area (Å²) in [5.41, 5.74) is 28.1. The molecular formula is C104H71BrN2O2. The second-order valence-electron chi connectivity index (χ2n) is 27.3. The molecular weight excluding hydrogens is 1390 g/mol. The first-order chi connectivity index (χ1) is 53.9. The van der Waals surface area contributed by atoms with Crippen LogP contribution in [0.3, 0.4) is 0 Å². The third-order valence-corrected chi connectivity index (χ3v) is 21.1. The summed E-state index contributed by atoms with van der Waals surface area (Å²) in [6, 6.07) is 150. The highest BCUT2D eigenvalue weighted by atomic mass is 79.9. The number of furan rings is 2. The number of nitrogens with one attached hydrogen (secondary N) is 1. The van der Waals surface area contributed by atoms with E-state index in [-0.39, 0.29) is 0 Å². The Hall–Kier alpha value is -13.8. The van der Waals surface area contributed by atoms with Gasteiger partial charge in [0.2, 0.25) is 0 Å². The molecule has 0 atom stereocenters. The van der Waals surface area contributed by atoms with Gasteiger partial charge in [-0.3, -0.25) is 0 Å². The van der Waals surface area contributed by atoms with Gasteiger partial charge in [0.1, 0.15) is 22.3 Å². The van der Waals surface area contributed by atoms with Crippen LogP contribution in [0.5, 0.6) is 0 Å². The molecule has 516 valence electrons. The molecule has 0 saturated heterocycles. The molecule has 1 N–H and O–H groups in total. The Labute approximate surface area is 642 Å². The summed E-state index contributed by atoms with van der Waals surface area (Å²) in [4.78, 5) is 2.33. The van der Waals surface area contributed by atoms with Gasteiger partial charge in [-0.25, -0.2) is 0 Å². The normalized spacial score (nSPS) is 11.2. The first-order valence-electron chi connectivity index (χ1n) is 36.9. The number of rotatable bonds is 13. The molecule has 0 fully saturated rings. The van der Waals surface area contributed by atoms with Crippen LogP contribution < -0.4 is 10.2 Å². The summed E-state index contributed by atoms with van der Waals surface area (Å²) in [7, 11) is 0. The molecule has 20 aromatic rings. The molecule has 0 aliphatic rings. The Morgan fingerprint density at radius 3 is 0.853 bits per heavy atom. The van der Waals surface area contributed by atoms with Gasteiger partial charge in [0, 0.05) is 65.6 Å². The van der Waals surface area contributed by atoms with Gasteiger partial charge >= 0.3 is 0 Å². The molecule has 0 amide bonds. The molecule has 18 aromatic carbocycles. The lowest BCUT2D eigenvalue weighted by Crippen LogP contribution is -2.09. The van der Waals surface area contributed by atoms with Gasteiger partial charge in [-0.15, -0.1) is 0 Å². The van der Waals surface area contributed by atoms with Gasteiger partial charge in [-0.05, 0) is 184 Å². The van der Waals surface area contributed by atoms with Crippen molar-refractivity contribution in [2.45, 2.75) is 0 Å². The van der Waals surface area contributed by atoms with Crippen molar-refractivity contribution in [3.63, 3.8) is 0 Å². The number of benzene rings is 18. The Morgan fingerprint density at radius 2 is 0.450 bits per heavy atom. The van der Waals surface area contributed by atoms with Crippen molar-refractivity contribution in [2.75, 3.05) is 10.2 Å². The first-order valence-corrected chi connectivity index (χ1v) is 37.6. The highest BCUT2D eigenvalue weighted by Crippen LogP contribution is 2.43. The van der Waals surface area contributed by atoms with Crippen molar-refractivity contribution in [3.8, 4) is 89.0 Å². The summed E-state index contributed by atoms with van der Waals surface area (Å²) in [6.07, 6.45) is 0. The van der Waals surface area contributed by atoms with Gasteiger partial charge in [-0.1, -0.05) is 356 Å². The molecule has 0 aliphatic carbocycles. The summed E-state index contributed by atoms with van der Waals surface area (Å²) < 4.78 is 13.7. The molecule has 109 heavy (non-hydrogen) atoms. The van der Waals surface area contributed by atoms with E-state index in [1.807, 2.05) is 30.3 Å². The topological polar surface area (TPSA) is 41.6 Å². The number of fused-ring (bicyclic) bond motifs is 8. The van der Waals surface area contributed by atoms with E-state index in [0.717, 1.165) is 99.0 Å². The van der Waals surface area contributed by atoms with Gasteiger partial charge in [0.25, 0.3) is 0 Å². The zero-order valence-corrected chi connectivity index (χ0v) is 61.1. The number of halogens is 1. The molecule has 0 unspecified atom stereocenters. The van der Waals surface area contributed by atoms with Crippen LogP contribution in [0.4, 0.5) is 28.4 Å². The molecule has 5 heteroatoms. The molecule has 0 bridgehead atoms. The van der Waals surface area contributed by atoms with Gasteiger partial charge in [0.05, 0.1) is 0 Å². The summed E-state index contributed by atoms with van der Waals surface area (Å²) >= 11 is 3.42. The van der Waals surface area contributed by atoms with Crippen LogP contribution in [-0.4, -0.2) is 0 Å². The molecule has 20 rings (SSSR count). The molecule has 0 saturated carbocycles. The molecule has 4 nitrogen and oxygen atoms in total. The van der Waals surface area contributed by atoms with Crippen LogP contribution in [0.25, 0.3) is 154 Å². The Kier molecular flexibility index (Phi) is 18.7. The van der Waals surface area contributed by atoms with Gasteiger partial charge in [-0.2, -0.15) is 0 Å². The monoisotopic (exact) mass is 1460 g/mol. The largest absolute Gasteiger partial charge is 0.455 e. The standard InChI is InChI=1S/C52H35NO.C40H27NO.C12H9Br/c1-2-10-36(11-3-1)38-24-30-43(31-25-38)53(45-34-28-42(29-35-45)48-17-9-18-50-49-15-6-7-19-51(49)54-52(48)50)44-32-26-39(27-33-44)37-20-22-41(23-21-37)47-16-8-13-40-12-4-5-14-46(40)47;1-2-9-34-29(7-1)8-5-11-35(34)30-17-15-27(16-18-30)28-19-23-32(24-20-28)41-33-25-21-31(22-26-33)36-12-6-13-38-37-10-3-4-14-39(37)42-40(36)38;13-12-8-6-11(7-9-12)10-4-2-1-3-5-10/h1-35H;1-26,41H;1-9H. The zero-order valence-electron chi connectivity index (χ0n) is 59.6. The average molecular weight is 1460 g/mol. The van der Waals surface area contributed by atoms with Crippen molar-refractivity contribution in [3.05, 3.63) is 429 Å². The molecule has 2 aromatic heterocycles. The van der Waals surface area contributed by atoms with Crippen LogP contribution in [-0.2, 0) is 0 Å². The fourth-order valence-electron chi connectivity index (χ4n) is 15.0. The van der Waals surface area contributed by atoms with E-state index in [2.05, 4.69) is 420 Å². The van der Waals surface area contributed by atoms with Gasteiger partial charge in [0.15, 0.2) is 0 Å². The van der Waals surface area contributed by atoms with Crippen LogP contribution in [0, 0.1) is 0 Å². The molecule has 0 aliphatic heterocycles. The lowest BCUT2D eigenvalue weighted by molar-refractivity contribution is 0.669. The summed E-state index contributed by atoms with van der Waals surface area (Å²) in [5.74, 6) is 0. The maximum absolute atomic E-state index is 6.39. The van der Waals surface area contributed by atoms with E-state index in [9.17, 15) is 0 Å². The third kappa shape index (κ3) is 14.1. The zero-order chi connectivity index (χ0) is 72.8. The number of hydrogen-bond acceptors (Lipinski definition) is 4. The van der Waals surface area contributed by atoms with Crippen molar-refractivity contribution >= 4 is 110 Å². The van der Waals surface area contributed by atoms with E-state index in [1.54, 1.807) is 0 Å². The minimum absolute atomic E-state index is 0.908. The summed E-state index contributed by atoms with van der Waals surface area (Å²) in [5, 5.41) is 13.2. The highest BCUT2D eigenvalue weighted by molar-refractivity contribution is 9.10. The molecule has 0 spiro atoms. The fourth-order valence-corrected chi connectivity index (χ4v) is 15.2. The smallest absolute Gasteiger partial charge is 0.143 e. The number of para-hydroxylation sites is 4. The summed E-state index contributed by atoms with van der Waals surface area (Å²) in [6.45, 7) is 0. The second kappa shape index (κ2) is 30.3. The Balaban J connectivity index is 0.000000134. The van der Waals surface area contributed by atoms with E-state index < -0.39 is 0 Å². The minimum Gasteiger partial charge on any atom is -0.455 e. The van der Waals surface area contributed by atoms with E-state index in [4.69, 9.17) is 8.83 Å². The Morgan fingerprint density at radius 1 is 0.193 bits per heavy atom. The van der Waals surface area contributed by atoms with Gasteiger partial charge < -0.3 is 19.1 Å². The molecule has 0 radical (unpaired) electrons. The third-order valence-electron chi connectivity index (χ3n) is 20.6. The lowest BCUT2D eigenvalue weighted by atomic mass is 9.96. The van der Waals surface area contributed by atoms with Crippen LogP contribution in [0.2, 0.25) is 0 Å². The predicted octanol–water partition coefficient (Wildman–Crippen LogP) is 30.5. The maximum Gasteiger partial charge on any atom is 0.143 e. The second-order valence-corrected chi connectivity index (χ2v) is 28.2. The van der Waals surface area contributed by atoms with E-state index >= 15 is 0 Å². The van der Waals surface area contributed by atoms with Crippen molar-refractivity contribution < 1.29 is 8.83 Å². The average Bonchev–Trinajstić information content (AvgIpc) is 1.65. The highest BCUT2D eigenvalue weighted by Gasteiger charge is 2.18. The lowest BCUT2D eigenvalue weighted by Gasteiger charge is -2.26. The predicted molar refractivity (Wildman–Crippen MR) is 464 cm³/mol. The first kappa shape index (κ1) is 67.1. The molecule has 2 heterocycles. The van der Waals surface area contributed by atoms with Crippen LogP contribution in [0.1, 0.15) is 0 Å². The van der Waals surface area contributed by atoms with E-state index in [1.165, 1.54) is 88.3 Å². The van der Waals surface area contributed by atoms with E-state index in [0.29, 0.717) is 0 Å². The number of anilines is 5. The van der Waals surface area contributed by atoms with Crippen molar-refractivity contribution in [2.24, 2.45) is 0 Å². The minimum atomic E-state index is 0.908.